The lowest BCUT2D eigenvalue weighted by Gasteiger charge is -2.35. The minimum atomic E-state index is 0.0419. The van der Waals surface area contributed by atoms with Crippen molar-refractivity contribution >= 4 is 11.8 Å². The molecule has 2 saturated heterocycles. The standard InChI is InChI=1S/C27H30N2O4/c1-3-16-9-18-5-7-32-24(18)22(11-16)26(30)28-14-21-13-20(28)15-29(21)27(31)23-12-17(4-2)10-19-6-8-33-25(19)23/h9-12,20-21H,3-8,13-15H2,1-2H3/t20-,21-/m0/s1. The molecule has 0 spiro atoms. The predicted molar refractivity (Wildman–Crippen MR) is 124 cm³/mol. The van der Waals surface area contributed by atoms with Gasteiger partial charge in [0.15, 0.2) is 0 Å². The first kappa shape index (κ1) is 20.6. The third-order valence-electron chi connectivity index (χ3n) is 7.73. The molecule has 0 radical (unpaired) electrons. The van der Waals surface area contributed by atoms with Crippen LogP contribution in [0.25, 0.3) is 0 Å². The number of piperazine rings is 1. The number of benzene rings is 2. The van der Waals surface area contributed by atoms with E-state index >= 15 is 0 Å². The number of hydrogen-bond acceptors (Lipinski definition) is 4. The number of carbonyl (C=O) groups is 2. The van der Waals surface area contributed by atoms with Crippen LogP contribution in [0, 0.1) is 0 Å². The summed E-state index contributed by atoms with van der Waals surface area (Å²) >= 11 is 0. The van der Waals surface area contributed by atoms with Crippen LogP contribution in [0.3, 0.4) is 0 Å². The molecule has 0 aromatic heterocycles. The summed E-state index contributed by atoms with van der Waals surface area (Å²) in [4.78, 5) is 31.1. The lowest BCUT2D eigenvalue weighted by molar-refractivity contribution is 0.0522. The molecule has 0 N–H and O–H groups in total. The van der Waals surface area contributed by atoms with E-state index in [1.807, 2.05) is 21.9 Å². The van der Waals surface area contributed by atoms with Gasteiger partial charge in [0, 0.05) is 25.9 Å². The fourth-order valence-electron chi connectivity index (χ4n) is 5.95. The summed E-state index contributed by atoms with van der Waals surface area (Å²) in [5, 5.41) is 0. The van der Waals surface area contributed by atoms with Gasteiger partial charge in [0.25, 0.3) is 11.8 Å². The van der Waals surface area contributed by atoms with Crippen LogP contribution in [0.1, 0.15) is 63.2 Å². The van der Waals surface area contributed by atoms with E-state index in [1.165, 1.54) is 11.1 Å². The summed E-state index contributed by atoms with van der Waals surface area (Å²) in [5.74, 6) is 1.61. The van der Waals surface area contributed by atoms with Crippen LogP contribution >= 0.6 is 0 Å². The second-order valence-electron chi connectivity index (χ2n) is 9.63. The highest BCUT2D eigenvalue weighted by Crippen LogP contribution is 2.39. The van der Waals surface area contributed by atoms with E-state index in [4.69, 9.17) is 9.47 Å². The molecular formula is C27H30N2O4. The van der Waals surface area contributed by atoms with E-state index in [-0.39, 0.29) is 23.9 Å². The Balaban J connectivity index is 1.24. The summed E-state index contributed by atoms with van der Waals surface area (Å²) in [6.45, 7) is 6.66. The topological polar surface area (TPSA) is 59.1 Å². The van der Waals surface area contributed by atoms with Gasteiger partial charge < -0.3 is 19.3 Å². The van der Waals surface area contributed by atoms with Gasteiger partial charge in [-0.2, -0.15) is 0 Å². The third kappa shape index (κ3) is 3.22. The monoisotopic (exact) mass is 446 g/mol. The average Bonchev–Trinajstić information content (AvgIpc) is 3.64. The van der Waals surface area contributed by atoms with Crippen molar-refractivity contribution in [1.82, 2.24) is 9.80 Å². The molecule has 4 aliphatic heterocycles. The zero-order chi connectivity index (χ0) is 22.7. The van der Waals surface area contributed by atoms with E-state index in [9.17, 15) is 9.59 Å². The molecule has 6 nitrogen and oxygen atoms in total. The Kier molecular flexibility index (Phi) is 4.86. The van der Waals surface area contributed by atoms with Crippen LogP contribution < -0.4 is 9.47 Å². The molecule has 6 heteroatoms. The third-order valence-corrected chi connectivity index (χ3v) is 7.73. The number of ether oxygens (including phenoxy) is 2. The Morgan fingerprint density at radius 1 is 0.788 bits per heavy atom. The van der Waals surface area contributed by atoms with Crippen LogP contribution in [-0.4, -0.2) is 60.0 Å². The Labute approximate surface area is 194 Å². The molecule has 0 unspecified atom stereocenters. The summed E-state index contributed by atoms with van der Waals surface area (Å²) in [6, 6.07) is 8.44. The van der Waals surface area contributed by atoms with Gasteiger partial charge in [-0.05, 0) is 53.6 Å². The average molecular weight is 447 g/mol. The van der Waals surface area contributed by atoms with Gasteiger partial charge >= 0.3 is 0 Å². The quantitative estimate of drug-likeness (QED) is 0.722. The number of aryl methyl sites for hydroxylation is 2. The Hall–Kier alpha value is -3.02. The highest BCUT2D eigenvalue weighted by atomic mass is 16.5. The molecule has 6 rings (SSSR count). The van der Waals surface area contributed by atoms with Gasteiger partial charge in [-0.3, -0.25) is 9.59 Å². The fraction of sp³-hybridized carbons (Fsp3) is 0.481. The molecular weight excluding hydrogens is 416 g/mol. The number of hydrogen-bond donors (Lipinski definition) is 0. The van der Waals surface area contributed by atoms with Gasteiger partial charge in [-0.25, -0.2) is 0 Å². The smallest absolute Gasteiger partial charge is 0.258 e. The van der Waals surface area contributed by atoms with Gasteiger partial charge in [-0.1, -0.05) is 26.0 Å². The van der Waals surface area contributed by atoms with Crippen molar-refractivity contribution in [3.8, 4) is 11.5 Å². The SMILES string of the molecule is CCc1cc2c(c(C(=O)N3C[C@@H]4C[C@H]3CN4C(=O)c3cc(CC)cc4c3OCC4)c1)OCC2. The maximum absolute atomic E-state index is 13.6. The van der Waals surface area contributed by atoms with Crippen molar-refractivity contribution in [2.45, 2.75) is 58.0 Å². The predicted octanol–water partition coefficient (Wildman–Crippen LogP) is 3.42. The van der Waals surface area contributed by atoms with E-state index in [2.05, 4.69) is 26.0 Å². The molecule has 33 heavy (non-hydrogen) atoms. The normalized spacial score (nSPS) is 22.2. The largest absolute Gasteiger partial charge is 0.492 e. The van der Waals surface area contributed by atoms with Crippen molar-refractivity contribution in [3.05, 3.63) is 57.6 Å². The summed E-state index contributed by atoms with van der Waals surface area (Å²) in [6.07, 6.45) is 4.35. The second-order valence-corrected chi connectivity index (χ2v) is 9.63. The van der Waals surface area contributed by atoms with Crippen LogP contribution in [0.15, 0.2) is 24.3 Å². The van der Waals surface area contributed by atoms with Gasteiger partial charge in [0.05, 0.1) is 36.4 Å². The minimum Gasteiger partial charge on any atom is -0.492 e. The van der Waals surface area contributed by atoms with Crippen LogP contribution in [0.5, 0.6) is 11.5 Å². The Morgan fingerprint density at radius 3 is 1.64 bits per heavy atom. The molecule has 172 valence electrons. The number of likely N-dealkylation sites (tertiary alicyclic amines) is 2. The first-order chi connectivity index (χ1) is 16.1. The van der Waals surface area contributed by atoms with Crippen molar-refractivity contribution in [3.63, 3.8) is 0 Å². The first-order valence-electron chi connectivity index (χ1n) is 12.3. The molecule has 0 saturated carbocycles. The number of carbonyl (C=O) groups excluding carboxylic acids is 2. The van der Waals surface area contributed by atoms with Gasteiger partial charge in [0.2, 0.25) is 0 Å². The molecule has 2 fully saturated rings. The summed E-state index contributed by atoms with van der Waals surface area (Å²) in [5.41, 5.74) is 6.01. The lowest BCUT2D eigenvalue weighted by Crippen LogP contribution is -2.50. The van der Waals surface area contributed by atoms with Gasteiger partial charge in [0.1, 0.15) is 11.5 Å². The highest BCUT2D eigenvalue weighted by Gasteiger charge is 2.48. The molecule has 2 atom stereocenters. The van der Waals surface area contributed by atoms with Crippen LogP contribution in [0.2, 0.25) is 0 Å². The van der Waals surface area contributed by atoms with Crippen molar-refractivity contribution in [1.29, 1.82) is 0 Å². The maximum Gasteiger partial charge on any atom is 0.258 e. The van der Waals surface area contributed by atoms with E-state index in [0.29, 0.717) is 37.4 Å². The molecule has 0 aliphatic carbocycles. The molecule has 2 aromatic carbocycles. The van der Waals surface area contributed by atoms with E-state index in [1.54, 1.807) is 0 Å². The molecule has 2 bridgehead atoms. The molecule has 2 aromatic rings. The number of fused-ring (bicyclic) bond motifs is 4. The van der Waals surface area contributed by atoms with Crippen molar-refractivity contribution < 1.29 is 19.1 Å². The van der Waals surface area contributed by atoms with Crippen molar-refractivity contribution in [2.75, 3.05) is 26.3 Å². The Bertz CT molecular complexity index is 1070. The van der Waals surface area contributed by atoms with Gasteiger partial charge in [-0.15, -0.1) is 0 Å². The first-order valence-corrected chi connectivity index (χ1v) is 12.3. The second kappa shape index (κ2) is 7.79. The van der Waals surface area contributed by atoms with E-state index < -0.39 is 0 Å². The Morgan fingerprint density at radius 2 is 1.24 bits per heavy atom. The molecule has 4 aliphatic rings. The van der Waals surface area contributed by atoms with Crippen molar-refractivity contribution in [2.24, 2.45) is 0 Å². The summed E-state index contributed by atoms with van der Waals surface area (Å²) in [7, 11) is 0. The minimum absolute atomic E-state index is 0.0419. The zero-order valence-corrected chi connectivity index (χ0v) is 19.4. The number of amides is 2. The zero-order valence-electron chi connectivity index (χ0n) is 19.4. The maximum atomic E-state index is 13.6. The van der Waals surface area contributed by atoms with Crippen LogP contribution in [0.4, 0.5) is 0 Å². The molecule has 4 heterocycles. The lowest BCUT2D eigenvalue weighted by atomic mass is 10.00. The fourth-order valence-corrected chi connectivity index (χ4v) is 5.95. The number of nitrogens with zero attached hydrogens (tertiary/aromatic N) is 2. The van der Waals surface area contributed by atoms with Crippen LogP contribution in [-0.2, 0) is 25.7 Å². The highest BCUT2D eigenvalue weighted by molar-refractivity contribution is 6.00. The molecule has 2 amide bonds. The van der Waals surface area contributed by atoms with E-state index in [0.717, 1.165) is 54.7 Å². The number of rotatable bonds is 4. The summed E-state index contributed by atoms with van der Waals surface area (Å²) < 4.78 is 11.7.